The van der Waals surface area contributed by atoms with Gasteiger partial charge in [-0.05, 0) is 67.5 Å². The molecule has 3 aromatic carbocycles. The van der Waals surface area contributed by atoms with Gasteiger partial charge in [0.2, 0.25) is 17.7 Å². The topological polar surface area (TPSA) is 149 Å². The lowest BCUT2D eigenvalue weighted by Gasteiger charge is -2.32. The number of fused-ring (bicyclic) bond motifs is 18. The minimum atomic E-state index is -0.985. The number of para-hydroxylation sites is 1. The minimum Gasteiger partial charge on any atom is -0.378 e. The first kappa shape index (κ1) is 39.0. The minimum absolute atomic E-state index is 0.0598. The Kier molecular flexibility index (Phi) is 14.0. The molecule has 3 aromatic rings. The normalized spacial score (nSPS) is 21.2. The number of benzene rings is 3. The maximum Gasteiger partial charge on any atom is 0.256 e. The lowest BCUT2D eigenvalue weighted by molar-refractivity contribution is -0.132. The average molecular weight is 725 g/mol. The SMILES string of the molecule is CC(C)C[C@@H]1NC(=O)[C@@H](Cc2ccccc2)NC(=O)c2ccc(cc2)CN(C(=O)c2ccccc2N2CCOCC2)CCCCNC(=O)[C@@H](C)NC1=O. The summed E-state index contributed by atoms with van der Waals surface area (Å²) in [7, 11) is 0. The summed E-state index contributed by atoms with van der Waals surface area (Å²) in [6.07, 6.45) is 1.77. The van der Waals surface area contributed by atoms with Crippen molar-refractivity contribution in [3.8, 4) is 0 Å². The van der Waals surface area contributed by atoms with Crippen molar-refractivity contribution >= 4 is 35.2 Å². The van der Waals surface area contributed by atoms with Crippen molar-refractivity contribution < 1.29 is 28.7 Å². The Morgan fingerprint density at radius 1 is 0.774 bits per heavy atom. The number of morpholine rings is 1. The number of nitrogens with one attached hydrogen (secondary N) is 4. The second kappa shape index (κ2) is 19.0. The van der Waals surface area contributed by atoms with Crippen LogP contribution in [0.25, 0.3) is 0 Å². The zero-order chi connectivity index (χ0) is 37.7. The summed E-state index contributed by atoms with van der Waals surface area (Å²) in [5, 5.41) is 11.4. The fourth-order valence-electron chi connectivity index (χ4n) is 6.59. The number of carbonyl (C=O) groups is 5. The second-order valence-corrected chi connectivity index (χ2v) is 14.2. The molecule has 53 heavy (non-hydrogen) atoms. The molecule has 3 atom stereocenters. The average Bonchev–Trinajstić information content (AvgIpc) is 3.16. The van der Waals surface area contributed by atoms with Gasteiger partial charge in [0.1, 0.15) is 18.1 Å². The van der Waals surface area contributed by atoms with Gasteiger partial charge in [0.05, 0.1) is 18.8 Å². The van der Waals surface area contributed by atoms with Crippen LogP contribution in [0.4, 0.5) is 5.69 Å². The zero-order valence-corrected chi connectivity index (χ0v) is 30.9. The van der Waals surface area contributed by atoms with Crippen LogP contribution in [-0.4, -0.2) is 92.0 Å². The van der Waals surface area contributed by atoms with Gasteiger partial charge >= 0.3 is 0 Å². The highest BCUT2D eigenvalue weighted by Crippen LogP contribution is 2.24. The van der Waals surface area contributed by atoms with Gasteiger partial charge in [0.15, 0.2) is 0 Å². The van der Waals surface area contributed by atoms with E-state index in [2.05, 4.69) is 26.2 Å². The summed E-state index contributed by atoms with van der Waals surface area (Å²) in [4.78, 5) is 72.2. The van der Waals surface area contributed by atoms with Gasteiger partial charge in [-0.15, -0.1) is 0 Å². The quantitative estimate of drug-likeness (QED) is 0.285. The molecule has 3 aliphatic rings. The molecule has 4 N–H and O–H groups in total. The highest BCUT2D eigenvalue weighted by molar-refractivity contribution is 6.00. The Morgan fingerprint density at radius 3 is 2.17 bits per heavy atom. The molecular formula is C41H52N6O6. The molecule has 1 fully saturated rings. The van der Waals surface area contributed by atoms with Gasteiger partial charge in [-0.25, -0.2) is 0 Å². The van der Waals surface area contributed by atoms with Gasteiger partial charge in [0, 0.05) is 50.4 Å². The largest absolute Gasteiger partial charge is 0.378 e. The Balaban J connectivity index is 1.42. The Bertz CT molecular complexity index is 1710. The lowest BCUT2D eigenvalue weighted by Crippen LogP contribution is -2.57. The maximum absolute atomic E-state index is 14.2. The Labute approximate surface area is 312 Å². The molecule has 0 saturated carbocycles. The van der Waals surface area contributed by atoms with E-state index in [1.165, 1.54) is 0 Å². The molecule has 1 saturated heterocycles. The van der Waals surface area contributed by atoms with E-state index in [4.69, 9.17) is 4.74 Å². The standard InChI is InChI=1S/C41H52N6O6/c1-28(2)25-34-39(50)43-29(3)37(48)42-19-9-10-20-47(41(52)33-13-7-8-14-36(33)46-21-23-53-24-22-46)27-31-15-17-32(18-16-31)38(49)44-35(40(51)45-34)26-30-11-5-4-6-12-30/h4-8,11-18,28-29,34-35H,9-10,19-27H2,1-3H3,(H,42,48)(H,43,50)(H,44,49)(H,45,51)/t29-,34+,35-/m1/s1. The summed E-state index contributed by atoms with van der Waals surface area (Å²) in [6.45, 7) is 9.17. The molecule has 3 heterocycles. The number of hydrogen-bond acceptors (Lipinski definition) is 7. The van der Waals surface area contributed by atoms with Crippen LogP contribution in [0.5, 0.6) is 0 Å². The van der Waals surface area contributed by atoms with Crippen molar-refractivity contribution in [3.63, 3.8) is 0 Å². The molecule has 6 rings (SSSR count). The molecule has 5 amide bonds. The number of anilines is 1. The summed E-state index contributed by atoms with van der Waals surface area (Å²) < 4.78 is 5.55. The van der Waals surface area contributed by atoms with Crippen molar-refractivity contribution in [2.75, 3.05) is 44.3 Å². The fraction of sp³-hybridized carbons (Fsp3) is 0.439. The molecule has 3 aliphatic heterocycles. The molecule has 0 aliphatic carbocycles. The maximum atomic E-state index is 14.2. The molecule has 2 bridgehead atoms. The van der Waals surface area contributed by atoms with Crippen LogP contribution in [0.2, 0.25) is 0 Å². The third-order valence-electron chi connectivity index (χ3n) is 9.51. The van der Waals surface area contributed by atoms with E-state index in [9.17, 15) is 24.0 Å². The van der Waals surface area contributed by atoms with Crippen LogP contribution in [0.3, 0.4) is 0 Å². The highest BCUT2D eigenvalue weighted by atomic mass is 16.5. The van der Waals surface area contributed by atoms with E-state index in [-0.39, 0.29) is 24.2 Å². The molecule has 0 radical (unpaired) electrons. The van der Waals surface area contributed by atoms with E-state index in [0.717, 1.165) is 16.8 Å². The summed E-state index contributed by atoms with van der Waals surface area (Å²) in [5.41, 5.74) is 3.50. The van der Waals surface area contributed by atoms with Crippen LogP contribution in [0.15, 0.2) is 78.9 Å². The lowest BCUT2D eigenvalue weighted by atomic mass is 10.0. The zero-order valence-electron chi connectivity index (χ0n) is 30.9. The molecule has 12 nitrogen and oxygen atoms in total. The second-order valence-electron chi connectivity index (χ2n) is 14.2. The summed E-state index contributed by atoms with van der Waals surface area (Å²) in [5.74, 6) is -1.83. The Hall–Kier alpha value is -5.23. The van der Waals surface area contributed by atoms with Gasteiger partial charge in [0.25, 0.3) is 11.8 Å². The highest BCUT2D eigenvalue weighted by Gasteiger charge is 2.30. The number of hydrogen-bond donors (Lipinski definition) is 4. The van der Waals surface area contributed by atoms with Crippen LogP contribution in [-0.2, 0) is 32.1 Å². The van der Waals surface area contributed by atoms with Crippen LogP contribution < -0.4 is 26.2 Å². The third-order valence-corrected chi connectivity index (χ3v) is 9.51. The first-order chi connectivity index (χ1) is 25.6. The first-order valence-corrected chi connectivity index (χ1v) is 18.6. The number of carbonyl (C=O) groups excluding carboxylic acids is 5. The smallest absolute Gasteiger partial charge is 0.256 e. The fourth-order valence-corrected chi connectivity index (χ4v) is 6.59. The van der Waals surface area contributed by atoms with Crippen LogP contribution in [0, 0.1) is 5.92 Å². The van der Waals surface area contributed by atoms with Crippen molar-refractivity contribution in [1.82, 2.24) is 26.2 Å². The Morgan fingerprint density at radius 2 is 1.45 bits per heavy atom. The number of amides is 5. The van der Waals surface area contributed by atoms with Crippen molar-refractivity contribution in [2.24, 2.45) is 5.92 Å². The molecule has 0 aromatic heterocycles. The predicted molar refractivity (Wildman–Crippen MR) is 203 cm³/mol. The van der Waals surface area contributed by atoms with Crippen LogP contribution in [0.1, 0.15) is 71.9 Å². The van der Waals surface area contributed by atoms with Crippen LogP contribution >= 0.6 is 0 Å². The molecular weight excluding hydrogens is 672 g/mol. The van der Waals surface area contributed by atoms with Crippen molar-refractivity contribution in [2.45, 2.75) is 71.1 Å². The predicted octanol–water partition coefficient (Wildman–Crippen LogP) is 3.45. The van der Waals surface area contributed by atoms with E-state index in [0.29, 0.717) is 76.3 Å². The van der Waals surface area contributed by atoms with E-state index in [1.54, 1.807) is 24.0 Å². The molecule has 0 unspecified atom stereocenters. The molecule has 0 spiro atoms. The van der Waals surface area contributed by atoms with Gasteiger partial charge in [-0.2, -0.15) is 0 Å². The first-order valence-electron chi connectivity index (χ1n) is 18.6. The summed E-state index contributed by atoms with van der Waals surface area (Å²) >= 11 is 0. The van der Waals surface area contributed by atoms with E-state index >= 15 is 0 Å². The van der Waals surface area contributed by atoms with E-state index in [1.807, 2.05) is 80.6 Å². The van der Waals surface area contributed by atoms with Crippen molar-refractivity contribution in [3.05, 3.63) is 101 Å². The molecule has 282 valence electrons. The number of rotatable bonds is 6. The summed E-state index contributed by atoms with van der Waals surface area (Å²) in [6, 6.07) is 21.2. The number of nitrogens with zero attached hydrogens (tertiary/aromatic N) is 2. The van der Waals surface area contributed by atoms with Crippen molar-refractivity contribution in [1.29, 1.82) is 0 Å². The molecule has 12 heteroatoms. The monoisotopic (exact) mass is 724 g/mol. The van der Waals surface area contributed by atoms with E-state index < -0.39 is 35.8 Å². The third kappa shape index (κ3) is 11.1. The number of ether oxygens (including phenoxy) is 1. The van der Waals surface area contributed by atoms with Gasteiger partial charge < -0.3 is 35.8 Å². The van der Waals surface area contributed by atoms with Gasteiger partial charge in [-0.1, -0.05) is 68.4 Å². The van der Waals surface area contributed by atoms with Gasteiger partial charge in [-0.3, -0.25) is 24.0 Å².